The van der Waals surface area contributed by atoms with Gasteiger partial charge in [0.25, 0.3) is 5.91 Å². The number of halogens is 1. The third kappa shape index (κ3) is 6.21. The maximum absolute atomic E-state index is 12.4. The van der Waals surface area contributed by atoms with Crippen molar-refractivity contribution in [1.82, 2.24) is 16.0 Å². The summed E-state index contributed by atoms with van der Waals surface area (Å²) in [5.41, 5.74) is 0.514. The molecule has 140 valence electrons. The molecule has 0 bridgehead atoms. The molecule has 1 aromatic rings. The van der Waals surface area contributed by atoms with E-state index in [1.165, 1.54) is 0 Å². The number of benzene rings is 1. The van der Waals surface area contributed by atoms with Crippen LogP contribution in [-0.4, -0.2) is 44.1 Å². The van der Waals surface area contributed by atoms with Crippen LogP contribution in [0.5, 0.6) is 5.75 Å². The Labute approximate surface area is 155 Å². The summed E-state index contributed by atoms with van der Waals surface area (Å²) in [4.78, 5) is 24.8. The summed E-state index contributed by atoms with van der Waals surface area (Å²) in [6, 6.07) is 6.38. The summed E-state index contributed by atoms with van der Waals surface area (Å²) in [6.07, 6.45) is 0. The zero-order valence-electron chi connectivity index (χ0n) is 15.0. The molecule has 3 N–H and O–H groups in total. The SMILES string of the molecule is CCOc1ccc(C(=O)NC(C(=O)NCC2CNC2)C(C)C)cc1.Cl. The number of hydrogen-bond acceptors (Lipinski definition) is 4. The van der Waals surface area contributed by atoms with Gasteiger partial charge in [-0.25, -0.2) is 0 Å². The lowest BCUT2D eigenvalue weighted by Crippen LogP contribution is -2.53. The molecule has 2 amide bonds. The van der Waals surface area contributed by atoms with Crippen LogP contribution >= 0.6 is 12.4 Å². The second kappa shape index (κ2) is 10.3. The van der Waals surface area contributed by atoms with E-state index < -0.39 is 6.04 Å². The van der Waals surface area contributed by atoms with Crippen LogP contribution in [0.2, 0.25) is 0 Å². The lowest BCUT2D eigenvalue weighted by Gasteiger charge is -2.29. The molecule has 1 saturated heterocycles. The van der Waals surface area contributed by atoms with Gasteiger partial charge in [-0.1, -0.05) is 13.8 Å². The van der Waals surface area contributed by atoms with Gasteiger partial charge in [-0.05, 0) is 37.1 Å². The fourth-order valence-corrected chi connectivity index (χ4v) is 2.48. The van der Waals surface area contributed by atoms with Crippen LogP contribution in [0.25, 0.3) is 0 Å². The zero-order chi connectivity index (χ0) is 17.5. The van der Waals surface area contributed by atoms with Crippen molar-refractivity contribution in [2.24, 2.45) is 11.8 Å². The van der Waals surface area contributed by atoms with Gasteiger partial charge in [0.1, 0.15) is 11.8 Å². The molecule has 0 aromatic heterocycles. The second-order valence-corrected chi connectivity index (χ2v) is 6.42. The molecular weight excluding hydrogens is 342 g/mol. The van der Waals surface area contributed by atoms with Crippen LogP contribution in [-0.2, 0) is 4.79 Å². The number of hydrogen-bond donors (Lipinski definition) is 3. The highest BCUT2D eigenvalue weighted by Gasteiger charge is 2.26. The number of carbonyl (C=O) groups is 2. The summed E-state index contributed by atoms with van der Waals surface area (Å²) in [6.45, 7) is 8.86. The first-order valence-electron chi connectivity index (χ1n) is 8.53. The van der Waals surface area contributed by atoms with Crippen molar-refractivity contribution in [2.75, 3.05) is 26.2 Å². The quantitative estimate of drug-likeness (QED) is 0.650. The summed E-state index contributed by atoms with van der Waals surface area (Å²) in [5.74, 6) is 0.842. The van der Waals surface area contributed by atoms with Crippen LogP contribution in [0.1, 0.15) is 31.1 Å². The van der Waals surface area contributed by atoms with Crippen molar-refractivity contribution in [3.05, 3.63) is 29.8 Å². The molecule has 1 unspecified atom stereocenters. The van der Waals surface area contributed by atoms with E-state index in [1.54, 1.807) is 24.3 Å². The van der Waals surface area contributed by atoms with Gasteiger partial charge in [0.2, 0.25) is 5.91 Å². The molecule has 1 aliphatic heterocycles. The smallest absolute Gasteiger partial charge is 0.251 e. The molecule has 1 fully saturated rings. The Morgan fingerprint density at radius 1 is 1.24 bits per heavy atom. The summed E-state index contributed by atoms with van der Waals surface area (Å²) < 4.78 is 5.37. The number of nitrogens with one attached hydrogen (secondary N) is 3. The van der Waals surface area contributed by atoms with Crippen molar-refractivity contribution >= 4 is 24.2 Å². The minimum absolute atomic E-state index is 0. The normalized spacial score (nSPS) is 14.9. The van der Waals surface area contributed by atoms with Crippen LogP contribution in [0.4, 0.5) is 0 Å². The molecule has 1 atom stereocenters. The molecule has 0 saturated carbocycles. The Balaban J connectivity index is 0.00000312. The van der Waals surface area contributed by atoms with Gasteiger partial charge in [-0.3, -0.25) is 9.59 Å². The zero-order valence-corrected chi connectivity index (χ0v) is 15.8. The third-order valence-electron chi connectivity index (χ3n) is 4.09. The van der Waals surface area contributed by atoms with Crippen molar-refractivity contribution in [3.8, 4) is 5.75 Å². The van der Waals surface area contributed by atoms with Gasteiger partial charge in [-0.15, -0.1) is 12.4 Å². The summed E-state index contributed by atoms with van der Waals surface area (Å²) in [5, 5.41) is 8.94. The first kappa shape index (κ1) is 21.3. The van der Waals surface area contributed by atoms with Crippen LogP contribution in [0.15, 0.2) is 24.3 Å². The van der Waals surface area contributed by atoms with E-state index in [0.29, 0.717) is 24.6 Å². The van der Waals surface area contributed by atoms with E-state index >= 15 is 0 Å². The van der Waals surface area contributed by atoms with Gasteiger partial charge in [0.05, 0.1) is 6.61 Å². The molecule has 25 heavy (non-hydrogen) atoms. The molecule has 0 spiro atoms. The first-order valence-corrected chi connectivity index (χ1v) is 8.53. The molecule has 6 nitrogen and oxygen atoms in total. The third-order valence-corrected chi connectivity index (χ3v) is 4.09. The largest absolute Gasteiger partial charge is 0.494 e. The minimum Gasteiger partial charge on any atom is -0.494 e. The Bertz CT molecular complexity index is 559. The first-order chi connectivity index (χ1) is 11.5. The standard InChI is InChI=1S/C18H27N3O3.ClH/c1-4-24-15-7-5-14(6-8-15)17(22)21-16(12(2)3)18(23)20-11-13-9-19-10-13;/h5-8,12-13,16,19H,4,9-11H2,1-3H3,(H,20,23)(H,21,22);1H. The Kier molecular flexibility index (Phi) is 8.72. The number of carbonyl (C=O) groups excluding carboxylic acids is 2. The monoisotopic (exact) mass is 369 g/mol. The molecule has 0 aliphatic carbocycles. The number of rotatable bonds is 8. The molecule has 1 heterocycles. The lowest BCUT2D eigenvalue weighted by atomic mass is 10.0. The van der Waals surface area contributed by atoms with Gasteiger partial charge in [0, 0.05) is 31.1 Å². The molecule has 2 rings (SSSR count). The van der Waals surface area contributed by atoms with E-state index in [4.69, 9.17) is 4.74 Å². The van der Waals surface area contributed by atoms with Crippen molar-refractivity contribution in [1.29, 1.82) is 0 Å². The average Bonchev–Trinajstić information content (AvgIpc) is 2.51. The van der Waals surface area contributed by atoms with Gasteiger partial charge in [-0.2, -0.15) is 0 Å². The Morgan fingerprint density at radius 3 is 2.36 bits per heavy atom. The Hall–Kier alpha value is -1.79. The molecule has 0 radical (unpaired) electrons. The highest BCUT2D eigenvalue weighted by Crippen LogP contribution is 2.13. The number of amides is 2. The molecule has 1 aromatic carbocycles. The molecule has 1 aliphatic rings. The van der Waals surface area contributed by atoms with Crippen LogP contribution in [0, 0.1) is 11.8 Å². The minimum atomic E-state index is -0.544. The predicted octanol–water partition coefficient (Wildman–Crippen LogP) is 1.60. The Morgan fingerprint density at radius 2 is 1.88 bits per heavy atom. The van der Waals surface area contributed by atoms with E-state index in [-0.39, 0.29) is 30.1 Å². The summed E-state index contributed by atoms with van der Waals surface area (Å²) >= 11 is 0. The molecule has 7 heteroatoms. The van der Waals surface area contributed by atoms with Gasteiger partial charge < -0.3 is 20.7 Å². The average molecular weight is 370 g/mol. The van der Waals surface area contributed by atoms with Crippen molar-refractivity contribution in [2.45, 2.75) is 26.8 Å². The topological polar surface area (TPSA) is 79.5 Å². The van der Waals surface area contributed by atoms with Crippen LogP contribution < -0.4 is 20.7 Å². The fraction of sp³-hybridized carbons (Fsp3) is 0.556. The van der Waals surface area contributed by atoms with E-state index in [2.05, 4.69) is 16.0 Å². The number of ether oxygens (including phenoxy) is 1. The lowest BCUT2D eigenvalue weighted by molar-refractivity contribution is -0.124. The van der Waals surface area contributed by atoms with Crippen molar-refractivity contribution < 1.29 is 14.3 Å². The van der Waals surface area contributed by atoms with Gasteiger partial charge >= 0.3 is 0 Å². The fourth-order valence-electron chi connectivity index (χ4n) is 2.48. The van der Waals surface area contributed by atoms with E-state index in [0.717, 1.165) is 18.8 Å². The van der Waals surface area contributed by atoms with Crippen molar-refractivity contribution in [3.63, 3.8) is 0 Å². The van der Waals surface area contributed by atoms with Gasteiger partial charge in [0.15, 0.2) is 0 Å². The maximum Gasteiger partial charge on any atom is 0.251 e. The molecular formula is C18H28ClN3O3. The van der Waals surface area contributed by atoms with E-state index in [1.807, 2.05) is 20.8 Å². The maximum atomic E-state index is 12.4. The van der Waals surface area contributed by atoms with E-state index in [9.17, 15) is 9.59 Å². The highest BCUT2D eigenvalue weighted by atomic mass is 35.5. The van der Waals surface area contributed by atoms with Crippen LogP contribution in [0.3, 0.4) is 0 Å². The predicted molar refractivity (Wildman–Crippen MR) is 100 cm³/mol. The summed E-state index contributed by atoms with van der Waals surface area (Å²) in [7, 11) is 0. The second-order valence-electron chi connectivity index (χ2n) is 6.42. The highest BCUT2D eigenvalue weighted by molar-refractivity contribution is 5.97.